The number of nitrogens with zero attached hydrogens (tertiary/aromatic N) is 2. The molecule has 8 heteroatoms. The van der Waals surface area contributed by atoms with Crippen LogP contribution in [0.15, 0.2) is 24.3 Å². The summed E-state index contributed by atoms with van der Waals surface area (Å²) in [5.74, 6) is -0.462. The number of hydrogen-bond donors (Lipinski definition) is 2. The lowest BCUT2D eigenvalue weighted by Gasteiger charge is -2.36. The van der Waals surface area contributed by atoms with E-state index in [-0.39, 0.29) is 30.0 Å². The number of nitrogens with one attached hydrogen (secondary N) is 2. The summed E-state index contributed by atoms with van der Waals surface area (Å²) >= 11 is 0. The lowest BCUT2D eigenvalue weighted by atomic mass is 9.87. The number of piperazine rings is 1. The smallest absolute Gasteiger partial charge is 0.322 e. The van der Waals surface area contributed by atoms with Crippen LogP contribution >= 0.6 is 0 Å². The lowest BCUT2D eigenvalue weighted by Crippen LogP contribution is -2.51. The fraction of sp³-hybridized carbons (Fsp3) is 0.526. The van der Waals surface area contributed by atoms with Gasteiger partial charge in [-0.1, -0.05) is 6.07 Å². The molecule has 1 atom stereocenters. The average Bonchev–Trinajstić information content (AvgIpc) is 3.46. The van der Waals surface area contributed by atoms with Crippen LogP contribution in [0.1, 0.15) is 25.7 Å². The third-order valence-electron chi connectivity index (χ3n) is 5.78. The number of halogens is 1. The van der Waals surface area contributed by atoms with Gasteiger partial charge in [-0.05, 0) is 43.4 Å². The normalized spacial score (nSPS) is 25.4. The molecule has 7 nitrogen and oxygen atoms in total. The zero-order chi connectivity index (χ0) is 19.0. The summed E-state index contributed by atoms with van der Waals surface area (Å²) in [5, 5.41) is 5.07. The fourth-order valence-electron chi connectivity index (χ4n) is 4.10. The molecule has 27 heavy (non-hydrogen) atoms. The van der Waals surface area contributed by atoms with Crippen molar-refractivity contribution in [2.75, 3.05) is 31.1 Å². The van der Waals surface area contributed by atoms with Gasteiger partial charge in [0.05, 0.1) is 0 Å². The van der Waals surface area contributed by atoms with Crippen LogP contribution in [-0.4, -0.2) is 54.5 Å². The molecule has 4 rings (SSSR count). The number of amides is 4. The number of hydrogen-bond acceptors (Lipinski definition) is 4. The number of rotatable bonds is 5. The Kier molecular flexibility index (Phi) is 4.49. The number of carbonyl (C=O) groups is 3. The molecule has 1 aliphatic carbocycles. The first-order valence-corrected chi connectivity index (χ1v) is 9.40. The predicted octanol–water partition coefficient (Wildman–Crippen LogP) is 1.24. The van der Waals surface area contributed by atoms with Gasteiger partial charge in [0.15, 0.2) is 0 Å². The highest BCUT2D eigenvalue weighted by Gasteiger charge is 2.55. The Bertz CT molecular complexity index is 774. The lowest BCUT2D eigenvalue weighted by molar-refractivity contribution is -0.132. The number of urea groups is 1. The van der Waals surface area contributed by atoms with Crippen LogP contribution in [0.3, 0.4) is 0 Å². The van der Waals surface area contributed by atoms with Gasteiger partial charge in [0, 0.05) is 38.3 Å². The van der Waals surface area contributed by atoms with Crippen LogP contribution in [0.5, 0.6) is 0 Å². The molecule has 1 aromatic carbocycles. The van der Waals surface area contributed by atoms with Crippen molar-refractivity contribution in [2.45, 2.75) is 31.2 Å². The minimum Gasteiger partial charge on any atom is -0.368 e. The number of benzene rings is 1. The van der Waals surface area contributed by atoms with Gasteiger partial charge >= 0.3 is 6.03 Å². The monoisotopic (exact) mass is 374 g/mol. The van der Waals surface area contributed by atoms with Crippen LogP contribution in [0.4, 0.5) is 14.9 Å². The summed E-state index contributed by atoms with van der Waals surface area (Å²) in [4.78, 5) is 40.3. The molecule has 2 N–H and O–H groups in total. The molecule has 3 fully saturated rings. The maximum atomic E-state index is 13.4. The van der Waals surface area contributed by atoms with E-state index in [1.54, 1.807) is 11.0 Å². The molecule has 2 heterocycles. The maximum Gasteiger partial charge on any atom is 0.322 e. The molecule has 0 bridgehead atoms. The first-order valence-electron chi connectivity index (χ1n) is 9.40. The molecule has 1 unspecified atom stereocenters. The van der Waals surface area contributed by atoms with E-state index in [9.17, 15) is 18.8 Å². The largest absolute Gasteiger partial charge is 0.368 e. The highest BCUT2D eigenvalue weighted by molar-refractivity contribution is 6.07. The molecule has 0 spiro atoms. The van der Waals surface area contributed by atoms with Gasteiger partial charge in [0.1, 0.15) is 11.4 Å². The van der Waals surface area contributed by atoms with Crippen LogP contribution in [0, 0.1) is 11.7 Å². The Morgan fingerprint density at radius 1 is 1.19 bits per heavy atom. The van der Waals surface area contributed by atoms with Crippen molar-refractivity contribution in [1.82, 2.24) is 15.5 Å². The fourth-order valence-corrected chi connectivity index (χ4v) is 4.10. The molecule has 2 aliphatic heterocycles. The van der Waals surface area contributed by atoms with Crippen LogP contribution in [0.25, 0.3) is 0 Å². The van der Waals surface area contributed by atoms with E-state index in [4.69, 9.17) is 0 Å². The van der Waals surface area contributed by atoms with E-state index in [1.165, 1.54) is 12.1 Å². The Hall–Kier alpha value is -2.64. The Morgan fingerprint density at radius 2 is 1.93 bits per heavy atom. The first-order chi connectivity index (χ1) is 13.0. The second-order valence-corrected chi connectivity index (χ2v) is 7.50. The van der Waals surface area contributed by atoms with Crippen molar-refractivity contribution in [3.63, 3.8) is 0 Å². The minimum absolute atomic E-state index is 0.0112. The molecule has 0 aromatic heterocycles. The van der Waals surface area contributed by atoms with Gasteiger partial charge < -0.3 is 15.1 Å². The van der Waals surface area contributed by atoms with Crippen LogP contribution < -0.4 is 15.5 Å². The minimum atomic E-state index is -0.921. The van der Waals surface area contributed by atoms with Crippen molar-refractivity contribution in [3.8, 4) is 0 Å². The molecular weight excluding hydrogens is 351 g/mol. The molecule has 3 aliphatic rings. The van der Waals surface area contributed by atoms with Gasteiger partial charge in [-0.2, -0.15) is 0 Å². The van der Waals surface area contributed by atoms with Gasteiger partial charge in [0.25, 0.3) is 5.91 Å². The van der Waals surface area contributed by atoms with Gasteiger partial charge in [-0.3, -0.25) is 14.9 Å². The molecule has 4 amide bonds. The summed E-state index contributed by atoms with van der Waals surface area (Å²) in [6.45, 7) is 2.40. The molecule has 2 saturated heterocycles. The molecular formula is C19H23FN4O3. The van der Waals surface area contributed by atoms with E-state index in [0.29, 0.717) is 32.6 Å². The third kappa shape index (κ3) is 3.48. The topological polar surface area (TPSA) is 81.8 Å². The van der Waals surface area contributed by atoms with Crippen LogP contribution in [-0.2, 0) is 9.59 Å². The number of carbonyl (C=O) groups excluding carboxylic acids is 3. The summed E-state index contributed by atoms with van der Waals surface area (Å²) in [5.41, 5.74) is -0.101. The maximum absolute atomic E-state index is 13.4. The highest BCUT2D eigenvalue weighted by atomic mass is 19.1. The molecule has 144 valence electrons. The van der Waals surface area contributed by atoms with Gasteiger partial charge in [-0.25, -0.2) is 9.18 Å². The van der Waals surface area contributed by atoms with E-state index in [0.717, 1.165) is 18.5 Å². The van der Waals surface area contributed by atoms with E-state index in [2.05, 4.69) is 15.5 Å². The summed E-state index contributed by atoms with van der Waals surface area (Å²) in [6, 6.07) is 5.99. The molecule has 0 radical (unpaired) electrons. The van der Waals surface area contributed by atoms with E-state index in [1.807, 2.05) is 6.07 Å². The summed E-state index contributed by atoms with van der Waals surface area (Å²) < 4.78 is 13.4. The van der Waals surface area contributed by atoms with Gasteiger partial charge in [-0.15, -0.1) is 0 Å². The van der Waals surface area contributed by atoms with Crippen molar-refractivity contribution in [1.29, 1.82) is 0 Å². The zero-order valence-electron chi connectivity index (χ0n) is 15.0. The van der Waals surface area contributed by atoms with Crippen molar-refractivity contribution < 1.29 is 18.8 Å². The number of imide groups is 1. The van der Waals surface area contributed by atoms with Crippen molar-refractivity contribution in [2.24, 2.45) is 5.92 Å². The molecule has 1 saturated carbocycles. The van der Waals surface area contributed by atoms with E-state index >= 15 is 0 Å². The van der Waals surface area contributed by atoms with E-state index < -0.39 is 11.6 Å². The second-order valence-electron chi connectivity index (χ2n) is 7.50. The highest BCUT2D eigenvalue weighted by Crippen LogP contribution is 2.43. The Balaban J connectivity index is 1.32. The summed E-state index contributed by atoms with van der Waals surface area (Å²) in [6.07, 6.45) is 2.35. The third-order valence-corrected chi connectivity index (χ3v) is 5.78. The SMILES string of the molecule is O=C1NC(=O)C(CCC(=O)N2CCN(c3cccc(F)c3)CC2)(C2CC2)N1. The molecule has 1 aromatic rings. The van der Waals surface area contributed by atoms with Gasteiger partial charge in [0.2, 0.25) is 5.91 Å². The zero-order valence-corrected chi connectivity index (χ0v) is 15.0. The Labute approximate surface area is 156 Å². The predicted molar refractivity (Wildman–Crippen MR) is 96.6 cm³/mol. The summed E-state index contributed by atoms with van der Waals surface area (Å²) in [7, 11) is 0. The number of anilines is 1. The van der Waals surface area contributed by atoms with Crippen LogP contribution in [0.2, 0.25) is 0 Å². The second kappa shape index (κ2) is 6.83. The average molecular weight is 374 g/mol. The van der Waals surface area contributed by atoms with Crippen molar-refractivity contribution in [3.05, 3.63) is 30.1 Å². The Morgan fingerprint density at radius 3 is 2.52 bits per heavy atom. The standard InChI is InChI=1S/C19H23FN4O3/c20-14-2-1-3-15(12-14)23-8-10-24(11-9-23)16(25)6-7-19(13-4-5-13)17(26)21-18(27)22-19/h1-3,12-13H,4-11H2,(H2,21,22,26,27). The first kappa shape index (κ1) is 17.8. The van der Waals surface area contributed by atoms with Crippen molar-refractivity contribution >= 4 is 23.5 Å². The quantitative estimate of drug-likeness (QED) is 0.760.